The van der Waals surface area contributed by atoms with Crippen LogP contribution in [0.1, 0.15) is 26.2 Å². The van der Waals surface area contributed by atoms with E-state index in [1.54, 1.807) is 11.8 Å². The van der Waals surface area contributed by atoms with Crippen molar-refractivity contribution in [2.75, 3.05) is 11.5 Å². The van der Waals surface area contributed by atoms with Gasteiger partial charge in [0, 0.05) is 11.8 Å². The first kappa shape index (κ1) is 9.36. The highest BCUT2D eigenvalue weighted by molar-refractivity contribution is 7.99. The topological polar surface area (TPSA) is 46.2 Å². The molecule has 3 N–H and O–H groups in total. The van der Waals surface area contributed by atoms with Crippen LogP contribution in [0.15, 0.2) is 0 Å². The van der Waals surface area contributed by atoms with E-state index in [2.05, 4.69) is 6.92 Å². The van der Waals surface area contributed by atoms with Crippen LogP contribution < -0.4 is 5.73 Å². The summed E-state index contributed by atoms with van der Waals surface area (Å²) < 4.78 is 0. The van der Waals surface area contributed by atoms with E-state index in [1.807, 2.05) is 0 Å². The lowest BCUT2D eigenvalue weighted by molar-refractivity contribution is 0.0375. The zero-order chi connectivity index (χ0) is 8.32. The van der Waals surface area contributed by atoms with Crippen molar-refractivity contribution in [1.82, 2.24) is 0 Å². The molecule has 0 spiro atoms. The second kappa shape index (κ2) is 3.78. The van der Waals surface area contributed by atoms with E-state index in [4.69, 9.17) is 5.73 Å². The molecule has 0 aromatic carbocycles. The molecule has 1 heterocycles. The number of rotatable bonds is 3. The van der Waals surface area contributed by atoms with Gasteiger partial charge in [-0.3, -0.25) is 0 Å². The molecule has 0 saturated carbocycles. The van der Waals surface area contributed by atoms with Gasteiger partial charge in [0.15, 0.2) is 0 Å². The molecular weight excluding hydrogens is 158 g/mol. The van der Waals surface area contributed by atoms with Crippen molar-refractivity contribution >= 4 is 11.8 Å². The minimum absolute atomic E-state index is 0.0116. The molecule has 2 unspecified atom stereocenters. The van der Waals surface area contributed by atoms with E-state index in [0.29, 0.717) is 0 Å². The molecule has 11 heavy (non-hydrogen) atoms. The van der Waals surface area contributed by atoms with Gasteiger partial charge in [-0.05, 0) is 18.6 Å². The molecule has 0 radical (unpaired) electrons. The van der Waals surface area contributed by atoms with Crippen LogP contribution in [-0.4, -0.2) is 28.3 Å². The zero-order valence-corrected chi connectivity index (χ0v) is 7.86. The first-order valence-corrected chi connectivity index (χ1v) is 5.40. The van der Waals surface area contributed by atoms with Crippen molar-refractivity contribution in [2.24, 2.45) is 5.73 Å². The smallest absolute Gasteiger partial charge is 0.0895 e. The predicted molar refractivity (Wildman–Crippen MR) is 49.8 cm³/mol. The monoisotopic (exact) mass is 175 g/mol. The number of hydrogen-bond acceptors (Lipinski definition) is 3. The van der Waals surface area contributed by atoms with Crippen LogP contribution >= 0.6 is 11.8 Å². The first-order chi connectivity index (χ1) is 5.19. The van der Waals surface area contributed by atoms with Crippen molar-refractivity contribution in [3.8, 4) is 0 Å². The van der Waals surface area contributed by atoms with E-state index >= 15 is 0 Å². The molecule has 0 bridgehead atoms. The van der Waals surface area contributed by atoms with E-state index < -0.39 is 5.60 Å². The van der Waals surface area contributed by atoms with Gasteiger partial charge in [0.05, 0.1) is 5.60 Å². The molecular formula is C8H17NOS. The molecule has 0 amide bonds. The van der Waals surface area contributed by atoms with Crippen LogP contribution in [0, 0.1) is 0 Å². The van der Waals surface area contributed by atoms with Crippen LogP contribution in [0.3, 0.4) is 0 Å². The fourth-order valence-corrected chi connectivity index (χ4v) is 2.80. The quantitative estimate of drug-likeness (QED) is 0.672. The van der Waals surface area contributed by atoms with Gasteiger partial charge in [-0.15, -0.1) is 0 Å². The standard InChI is InChI=1S/C8H17NOS/c1-2-3-7(9)8(10)4-5-11-6-8/h7,10H,2-6,9H2,1H3. The second-order valence-electron chi connectivity index (χ2n) is 3.30. The summed E-state index contributed by atoms with van der Waals surface area (Å²) in [4.78, 5) is 0. The van der Waals surface area contributed by atoms with Crippen molar-refractivity contribution in [2.45, 2.75) is 37.8 Å². The Kier molecular flexibility index (Phi) is 3.22. The van der Waals surface area contributed by atoms with Gasteiger partial charge >= 0.3 is 0 Å². The summed E-state index contributed by atoms with van der Waals surface area (Å²) in [5.74, 6) is 1.89. The normalized spacial score (nSPS) is 34.1. The summed E-state index contributed by atoms with van der Waals surface area (Å²) in [6, 6.07) is -0.0116. The molecule has 2 atom stereocenters. The molecule has 1 rings (SSSR count). The van der Waals surface area contributed by atoms with Crippen LogP contribution in [0.4, 0.5) is 0 Å². The Morgan fingerprint density at radius 3 is 2.91 bits per heavy atom. The molecule has 1 aliphatic rings. The maximum absolute atomic E-state index is 9.95. The van der Waals surface area contributed by atoms with E-state index in [0.717, 1.165) is 30.8 Å². The molecule has 0 aliphatic carbocycles. The fraction of sp³-hybridized carbons (Fsp3) is 1.00. The Labute approximate surface area is 72.5 Å². The average molecular weight is 175 g/mol. The second-order valence-corrected chi connectivity index (χ2v) is 4.41. The number of hydrogen-bond donors (Lipinski definition) is 2. The molecule has 0 aromatic rings. The van der Waals surface area contributed by atoms with Crippen molar-refractivity contribution in [3.05, 3.63) is 0 Å². The molecule has 1 fully saturated rings. The Balaban J connectivity index is 2.42. The third-order valence-electron chi connectivity index (χ3n) is 2.32. The molecule has 2 nitrogen and oxygen atoms in total. The zero-order valence-electron chi connectivity index (χ0n) is 7.05. The summed E-state index contributed by atoms with van der Waals surface area (Å²) in [6.07, 6.45) is 2.88. The van der Waals surface area contributed by atoms with E-state index in [1.165, 1.54) is 0 Å². The Bertz CT molecular complexity index is 123. The summed E-state index contributed by atoms with van der Waals surface area (Å²) >= 11 is 1.81. The van der Waals surface area contributed by atoms with Gasteiger partial charge in [-0.2, -0.15) is 11.8 Å². The van der Waals surface area contributed by atoms with Crippen LogP contribution in [0.25, 0.3) is 0 Å². The summed E-state index contributed by atoms with van der Waals surface area (Å²) in [5, 5.41) is 9.95. The van der Waals surface area contributed by atoms with Gasteiger partial charge in [-0.25, -0.2) is 0 Å². The molecule has 66 valence electrons. The number of thioether (sulfide) groups is 1. The van der Waals surface area contributed by atoms with E-state index in [-0.39, 0.29) is 6.04 Å². The van der Waals surface area contributed by atoms with E-state index in [9.17, 15) is 5.11 Å². The summed E-state index contributed by atoms with van der Waals surface area (Å²) in [6.45, 7) is 2.10. The maximum Gasteiger partial charge on any atom is 0.0895 e. The Morgan fingerprint density at radius 1 is 1.73 bits per heavy atom. The Hall–Kier alpha value is 0.270. The largest absolute Gasteiger partial charge is 0.387 e. The van der Waals surface area contributed by atoms with Crippen molar-refractivity contribution in [3.63, 3.8) is 0 Å². The maximum atomic E-state index is 9.95. The minimum atomic E-state index is -0.555. The van der Waals surface area contributed by atoms with Gasteiger partial charge < -0.3 is 10.8 Å². The highest BCUT2D eigenvalue weighted by Crippen LogP contribution is 2.31. The average Bonchev–Trinajstić information content (AvgIpc) is 2.38. The van der Waals surface area contributed by atoms with Crippen molar-refractivity contribution < 1.29 is 5.11 Å². The van der Waals surface area contributed by atoms with Gasteiger partial charge in [0.1, 0.15) is 0 Å². The lowest BCUT2D eigenvalue weighted by atomic mass is 9.91. The van der Waals surface area contributed by atoms with Crippen LogP contribution in [0.2, 0.25) is 0 Å². The fourth-order valence-electron chi connectivity index (χ4n) is 1.44. The predicted octanol–water partition coefficient (Wildman–Crippen LogP) is 0.982. The number of nitrogens with two attached hydrogens (primary N) is 1. The highest BCUT2D eigenvalue weighted by atomic mass is 32.2. The number of aliphatic hydroxyl groups is 1. The van der Waals surface area contributed by atoms with Gasteiger partial charge in [0.2, 0.25) is 0 Å². The minimum Gasteiger partial charge on any atom is -0.387 e. The van der Waals surface area contributed by atoms with Gasteiger partial charge in [-0.1, -0.05) is 13.3 Å². The highest BCUT2D eigenvalue weighted by Gasteiger charge is 2.37. The Morgan fingerprint density at radius 2 is 2.45 bits per heavy atom. The van der Waals surface area contributed by atoms with Crippen LogP contribution in [-0.2, 0) is 0 Å². The van der Waals surface area contributed by atoms with Gasteiger partial charge in [0.25, 0.3) is 0 Å². The molecule has 1 aliphatic heterocycles. The first-order valence-electron chi connectivity index (χ1n) is 4.25. The van der Waals surface area contributed by atoms with Crippen LogP contribution in [0.5, 0.6) is 0 Å². The van der Waals surface area contributed by atoms with Crippen molar-refractivity contribution in [1.29, 1.82) is 0 Å². The third-order valence-corrected chi connectivity index (χ3v) is 3.52. The molecule has 3 heteroatoms. The summed E-state index contributed by atoms with van der Waals surface area (Å²) in [5.41, 5.74) is 5.31. The lowest BCUT2D eigenvalue weighted by Gasteiger charge is -2.28. The summed E-state index contributed by atoms with van der Waals surface area (Å²) in [7, 11) is 0. The molecule has 0 aromatic heterocycles. The SMILES string of the molecule is CCCC(N)C1(O)CCSC1. The molecule has 1 saturated heterocycles. The lowest BCUT2D eigenvalue weighted by Crippen LogP contribution is -2.48. The third kappa shape index (κ3) is 2.10.